The summed E-state index contributed by atoms with van der Waals surface area (Å²) in [5.41, 5.74) is 1.03. The standard InChI is InChI=1S/C17H29N5O3S/c1-19-16(8-9-18-19)6-7-17(23)20-10-5-13-22(15-14-20)26(24,25)21-11-3-2-4-12-21/h8-9H,2-7,10-15H2,1H3. The van der Waals surface area contributed by atoms with Gasteiger partial charge in [0.2, 0.25) is 5.91 Å². The monoisotopic (exact) mass is 383 g/mol. The first kappa shape index (κ1) is 19.3. The quantitative estimate of drug-likeness (QED) is 0.747. The second kappa shape index (κ2) is 8.49. The molecule has 3 rings (SSSR count). The van der Waals surface area contributed by atoms with Crippen LogP contribution in [0.1, 0.15) is 37.8 Å². The highest BCUT2D eigenvalue weighted by molar-refractivity contribution is 7.86. The molecular formula is C17H29N5O3S. The summed E-state index contributed by atoms with van der Waals surface area (Å²) in [5.74, 6) is 0.0865. The molecule has 1 aromatic heterocycles. The third-order valence-electron chi connectivity index (χ3n) is 5.29. The van der Waals surface area contributed by atoms with Crippen LogP contribution in [0.4, 0.5) is 0 Å². The molecule has 0 bridgehead atoms. The van der Waals surface area contributed by atoms with E-state index in [0.29, 0.717) is 58.5 Å². The summed E-state index contributed by atoms with van der Waals surface area (Å²) in [6, 6.07) is 1.92. The number of hydrogen-bond donors (Lipinski definition) is 0. The predicted octanol–water partition coefficient (Wildman–Crippen LogP) is 0.618. The van der Waals surface area contributed by atoms with Gasteiger partial charge in [-0.2, -0.15) is 22.1 Å². The lowest BCUT2D eigenvalue weighted by Gasteiger charge is -2.31. The topological polar surface area (TPSA) is 78.8 Å². The summed E-state index contributed by atoms with van der Waals surface area (Å²) in [5, 5.41) is 4.12. The van der Waals surface area contributed by atoms with Gasteiger partial charge in [0.1, 0.15) is 0 Å². The molecule has 2 fully saturated rings. The molecule has 2 saturated heterocycles. The van der Waals surface area contributed by atoms with Crippen molar-refractivity contribution < 1.29 is 13.2 Å². The van der Waals surface area contributed by atoms with Crippen LogP contribution >= 0.6 is 0 Å². The minimum Gasteiger partial charge on any atom is -0.341 e. The van der Waals surface area contributed by atoms with Gasteiger partial charge in [-0.05, 0) is 31.7 Å². The molecule has 26 heavy (non-hydrogen) atoms. The van der Waals surface area contributed by atoms with E-state index in [1.165, 1.54) is 0 Å². The van der Waals surface area contributed by atoms with Crippen molar-refractivity contribution in [3.8, 4) is 0 Å². The lowest BCUT2D eigenvalue weighted by atomic mass is 10.2. The minimum absolute atomic E-state index is 0.0865. The lowest BCUT2D eigenvalue weighted by molar-refractivity contribution is -0.131. The van der Waals surface area contributed by atoms with Gasteiger partial charge in [0.15, 0.2) is 0 Å². The number of aromatic nitrogens is 2. The van der Waals surface area contributed by atoms with Gasteiger partial charge in [-0.25, -0.2) is 0 Å². The summed E-state index contributed by atoms with van der Waals surface area (Å²) < 4.78 is 30.6. The molecule has 3 heterocycles. The Balaban J connectivity index is 1.54. The minimum atomic E-state index is -3.39. The fourth-order valence-electron chi connectivity index (χ4n) is 3.67. The largest absolute Gasteiger partial charge is 0.341 e. The van der Waals surface area contributed by atoms with Crippen LogP contribution in [-0.4, -0.2) is 76.9 Å². The number of rotatable bonds is 5. The molecule has 8 nitrogen and oxygen atoms in total. The molecule has 1 aromatic rings. The normalized spacial score (nSPS) is 20.9. The molecule has 0 saturated carbocycles. The van der Waals surface area contributed by atoms with Crippen molar-refractivity contribution >= 4 is 16.1 Å². The van der Waals surface area contributed by atoms with Gasteiger partial charge in [-0.3, -0.25) is 9.48 Å². The van der Waals surface area contributed by atoms with Crippen LogP contribution < -0.4 is 0 Å². The smallest absolute Gasteiger partial charge is 0.282 e. The lowest BCUT2D eigenvalue weighted by Crippen LogP contribution is -2.47. The van der Waals surface area contributed by atoms with E-state index >= 15 is 0 Å². The number of amides is 1. The molecule has 1 amide bonds. The Morgan fingerprint density at radius 2 is 1.69 bits per heavy atom. The number of piperidine rings is 1. The molecule has 0 aromatic carbocycles. The SMILES string of the molecule is Cn1nccc1CCC(=O)N1CCCN(S(=O)(=O)N2CCCCC2)CC1. The molecule has 0 aliphatic carbocycles. The van der Waals surface area contributed by atoms with Gasteiger partial charge < -0.3 is 4.90 Å². The van der Waals surface area contributed by atoms with Crippen molar-refractivity contribution in [3.63, 3.8) is 0 Å². The highest BCUT2D eigenvalue weighted by Crippen LogP contribution is 2.18. The zero-order chi connectivity index (χ0) is 18.6. The fourth-order valence-corrected chi connectivity index (χ4v) is 5.39. The van der Waals surface area contributed by atoms with Crippen molar-refractivity contribution in [2.75, 3.05) is 39.3 Å². The first-order valence-corrected chi connectivity index (χ1v) is 10.9. The van der Waals surface area contributed by atoms with E-state index in [9.17, 15) is 13.2 Å². The molecule has 0 radical (unpaired) electrons. The van der Waals surface area contributed by atoms with E-state index < -0.39 is 10.2 Å². The van der Waals surface area contributed by atoms with Gasteiger partial charge in [-0.15, -0.1) is 0 Å². The molecule has 0 unspecified atom stereocenters. The van der Waals surface area contributed by atoms with Crippen molar-refractivity contribution in [2.45, 2.75) is 38.5 Å². The fraction of sp³-hybridized carbons (Fsp3) is 0.765. The third kappa shape index (κ3) is 4.44. The molecular weight excluding hydrogens is 354 g/mol. The van der Waals surface area contributed by atoms with Crippen molar-refractivity contribution in [1.29, 1.82) is 0 Å². The molecule has 2 aliphatic heterocycles. The Bertz CT molecular complexity index is 712. The summed E-state index contributed by atoms with van der Waals surface area (Å²) in [6.45, 7) is 3.20. The average molecular weight is 384 g/mol. The van der Waals surface area contributed by atoms with Gasteiger partial charge in [0.05, 0.1) is 0 Å². The van der Waals surface area contributed by atoms with Crippen LogP contribution in [0.15, 0.2) is 12.3 Å². The van der Waals surface area contributed by atoms with E-state index in [-0.39, 0.29) is 5.91 Å². The number of aryl methyl sites for hydroxylation is 2. The van der Waals surface area contributed by atoms with Crippen LogP contribution in [0.5, 0.6) is 0 Å². The Morgan fingerprint density at radius 1 is 1.00 bits per heavy atom. The van der Waals surface area contributed by atoms with Crippen LogP contribution in [0.3, 0.4) is 0 Å². The Labute approximate surface area is 155 Å². The predicted molar refractivity (Wildman–Crippen MR) is 98.6 cm³/mol. The highest BCUT2D eigenvalue weighted by atomic mass is 32.2. The number of carbonyl (C=O) groups excluding carboxylic acids is 1. The number of nitrogens with zero attached hydrogens (tertiary/aromatic N) is 5. The van der Waals surface area contributed by atoms with E-state index in [2.05, 4.69) is 5.10 Å². The van der Waals surface area contributed by atoms with Crippen LogP contribution in [-0.2, 0) is 28.5 Å². The van der Waals surface area contributed by atoms with E-state index in [4.69, 9.17) is 0 Å². The van der Waals surface area contributed by atoms with E-state index in [0.717, 1.165) is 25.0 Å². The first-order chi connectivity index (χ1) is 12.5. The molecule has 0 N–H and O–H groups in total. The molecule has 146 valence electrons. The maximum absolute atomic E-state index is 12.8. The molecule has 9 heteroatoms. The maximum atomic E-state index is 12.8. The second-order valence-corrected chi connectivity index (χ2v) is 8.98. The molecule has 0 atom stereocenters. The Hall–Kier alpha value is -1.45. The summed E-state index contributed by atoms with van der Waals surface area (Å²) >= 11 is 0. The average Bonchev–Trinajstić information content (AvgIpc) is 2.90. The third-order valence-corrected chi connectivity index (χ3v) is 7.33. The Kier molecular flexibility index (Phi) is 6.31. The van der Waals surface area contributed by atoms with Crippen molar-refractivity contribution in [1.82, 2.24) is 23.3 Å². The summed E-state index contributed by atoms with van der Waals surface area (Å²) in [6.07, 6.45) is 6.47. The Morgan fingerprint density at radius 3 is 2.38 bits per heavy atom. The van der Waals surface area contributed by atoms with Crippen LogP contribution in [0.2, 0.25) is 0 Å². The number of carbonyl (C=O) groups is 1. The maximum Gasteiger partial charge on any atom is 0.282 e. The van der Waals surface area contributed by atoms with Gasteiger partial charge in [0.25, 0.3) is 10.2 Å². The zero-order valence-corrected chi connectivity index (χ0v) is 16.3. The van der Waals surface area contributed by atoms with Gasteiger partial charge in [0, 0.05) is 64.6 Å². The first-order valence-electron chi connectivity index (χ1n) is 9.48. The van der Waals surface area contributed by atoms with Crippen molar-refractivity contribution in [2.24, 2.45) is 7.05 Å². The van der Waals surface area contributed by atoms with E-state index in [1.807, 2.05) is 18.0 Å². The van der Waals surface area contributed by atoms with Gasteiger partial charge in [-0.1, -0.05) is 6.42 Å². The second-order valence-electron chi connectivity index (χ2n) is 7.05. The molecule has 2 aliphatic rings. The zero-order valence-electron chi connectivity index (χ0n) is 15.5. The molecule has 0 spiro atoms. The van der Waals surface area contributed by atoms with Crippen LogP contribution in [0, 0.1) is 0 Å². The number of hydrogen-bond acceptors (Lipinski definition) is 4. The van der Waals surface area contributed by atoms with Crippen molar-refractivity contribution in [3.05, 3.63) is 18.0 Å². The van der Waals surface area contributed by atoms with Crippen LogP contribution in [0.25, 0.3) is 0 Å². The summed E-state index contributed by atoms with van der Waals surface area (Å²) in [4.78, 5) is 14.3. The summed E-state index contributed by atoms with van der Waals surface area (Å²) in [7, 11) is -1.52. The van der Waals surface area contributed by atoms with Gasteiger partial charge >= 0.3 is 0 Å². The van der Waals surface area contributed by atoms with E-state index in [1.54, 1.807) is 19.5 Å². The highest BCUT2D eigenvalue weighted by Gasteiger charge is 2.32.